The Hall–Kier alpha value is -1.40. The molecule has 2 unspecified atom stereocenters. The maximum absolute atomic E-state index is 12.5. The molecule has 7 heteroatoms. The number of carbonyl (C=O) groups is 1. The zero-order valence-electron chi connectivity index (χ0n) is 12.4. The van der Waals surface area contributed by atoms with E-state index in [4.69, 9.17) is 5.73 Å². The number of nitrogens with zero attached hydrogens (tertiary/aromatic N) is 1. The molecule has 1 aliphatic heterocycles. The van der Waals surface area contributed by atoms with Gasteiger partial charge in [-0.05, 0) is 43.0 Å². The molecule has 0 bridgehead atoms. The Morgan fingerprint density at radius 1 is 1.41 bits per heavy atom. The maximum atomic E-state index is 12.5. The molecule has 22 heavy (non-hydrogen) atoms. The highest BCUT2D eigenvalue weighted by molar-refractivity contribution is 5.94. The zero-order valence-corrected chi connectivity index (χ0v) is 13.2. The van der Waals surface area contributed by atoms with E-state index in [9.17, 15) is 13.6 Å². The predicted octanol–water partition coefficient (Wildman–Crippen LogP) is 2.91. The lowest BCUT2D eigenvalue weighted by Gasteiger charge is -2.39. The van der Waals surface area contributed by atoms with Crippen molar-refractivity contribution in [1.82, 2.24) is 4.90 Å². The van der Waals surface area contributed by atoms with Gasteiger partial charge in [0.15, 0.2) is 0 Å². The molecule has 2 rings (SSSR count). The number of hydrogen-bond donors (Lipinski definition) is 1. The van der Waals surface area contributed by atoms with E-state index < -0.39 is 6.61 Å². The van der Waals surface area contributed by atoms with Crippen LogP contribution in [0.2, 0.25) is 0 Å². The number of likely N-dealkylation sites (tertiary alicyclic amines) is 1. The summed E-state index contributed by atoms with van der Waals surface area (Å²) in [6, 6.07) is 5.80. The molecule has 0 spiro atoms. The molecule has 0 aromatic heterocycles. The second-order valence-electron chi connectivity index (χ2n) is 5.32. The Labute approximate surface area is 135 Å². The van der Waals surface area contributed by atoms with Crippen molar-refractivity contribution in [3.05, 3.63) is 29.8 Å². The van der Waals surface area contributed by atoms with Gasteiger partial charge in [0, 0.05) is 24.7 Å². The number of benzene rings is 1. The SMILES string of the molecule is CC1CCCN(C(=O)c2ccc(OC(F)F)cc2)C1CN.Cl. The fourth-order valence-corrected chi connectivity index (χ4v) is 2.81. The highest BCUT2D eigenvalue weighted by Gasteiger charge is 2.31. The highest BCUT2D eigenvalue weighted by Crippen LogP contribution is 2.25. The number of piperidine rings is 1. The number of nitrogens with two attached hydrogens (primary N) is 1. The van der Waals surface area contributed by atoms with Crippen LogP contribution >= 0.6 is 12.4 Å². The first-order valence-corrected chi connectivity index (χ1v) is 7.09. The molecule has 1 saturated heterocycles. The monoisotopic (exact) mass is 334 g/mol. The van der Waals surface area contributed by atoms with E-state index in [0.29, 0.717) is 24.6 Å². The van der Waals surface area contributed by atoms with Crippen molar-refractivity contribution in [2.75, 3.05) is 13.1 Å². The van der Waals surface area contributed by atoms with Gasteiger partial charge in [-0.3, -0.25) is 4.79 Å². The van der Waals surface area contributed by atoms with Gasteiger partial charge in [0.1, 0.15) is 5.75 Å². The summed E-state index contributed by atoms with van der Waals surface area (Å²) < 4.78 is 28.5. The van der Waals surface area contributed by atoms with Crippen LogP contribution < -0.4 is 10.5 Å². The van der Waals surface area contributed by atoms with Gasteiger partial charge >= 0.3 is 6.61 Å². The molecule has 4 nitrogen and oxygen atoms in total. The summed E-state index contributed by atoms with van der Waals surface area (Å²) >= 11 is 0. The molecule has 1 aliphatic rings. The van der Waals surface area contributed by atoms with Gasteiger partial charge < -0.3 is 15.4 Å². The summed E-state index contributed by atoms with van der Waals surface area (Å²) in [7, 11) is 0. The number of rotatable bonds is 4. The molecule has 1 amide bonds. The maximum Gasteiger partial charge on any atom is 0.387 e. The first kappa shape index (κ1) is 18.6. The largest absolute Gasteiger partial charge is 0.435 e. The quantitative estimate of drug-likeness (QED) is 0.921. The normalized spacial score (nSPS) is 21.4. The lowest BCUT2D eigenvalue weighted by Crippen LogP contribution is -2.51. The van der Waals surface area contributed by atoms with Crippen molar-refractivity contribution < 1.29 is 18.3 Å². The number of halogens is 3. The van der Waals surface area contributed by atoms with Gasteiger partial charge in [-0.25, -0.2) is 0 Å². The summed E-state index contributed by atoms with van der Waals surface area (Å²) in [4.78, 5) is 14.3. The third-order valence-electron chi connectivity index (χ3n) is 3.94. The number of carbonyl (C=O) groups excluding carboxylic acids is 1. The standard InChI is InChI=1S/C15H20F2N2O2.ClH/c1-10-3-2-8-19(13(10)9-18)14(20)11-4-6-12(7-5-11)21-15(16)17;/h4-7,10,13,15H,2-3,8-9,18H2,1H3;1H. The molecule has 0 aliphatic carbocycles. The third kappa shape index (κ3) is 4.30. The average Bonchev–Trinajstić information content (AvgIpc) is 2.46. The molecule has 1 heterocycles. The minimum atomic E-state index is -2.86. The van der Waals surface area contributed by atoms with Crippen LogP contribution in [-0.2, 0) is 0 Å². The van der Waals surface area contributed by atoms with Crippen LogP contribution in [0.3, 0.4) is 0 Å². The van der Waals surface area contributed by atoms with Crippen LogP contribution in [0.5, 0.6) is 5.75 Å². The molecule has 1 aromatic rings. The van der Waals surface area contributed by atoms with Crippen LogP contribution in [0.15, 0.2) is 24.3 Å². The summed E-state index contributed by atoms with van der Waals surface area (Å²) in [5.41, 5.74) is 6.24. The fourth-order valence-electron chi connectivity index (χ4n) is 2.81. The molecule has 124 valence electrons. The summed E-state index contributed by atoms with van der Waals surface area (Å²) in [5, 5.41) is 0. The summed E-state index contributed by atoms with van der Waals surface area (Å²) in [6.45, 7) is 0.340. The van der Waals surface area contributed by atoms with Gasteiger partial charge in [0.25, 0.3) is 5.91 Å². The lowest BCUT2D eigenvalue weighted by molar-refractivity contribution is -0.0498. The second-order valence-corrected chi connectivity index (χ2v) is 5.32. The minimum absolute atomic E-state index is 0. The molecule has 2 atom stereocenters. The van der Waals surface area contributed by atoms with E-state index in [0.717, 1.165) is 12.8 Å². The van der Waals surface area contributed by atoms with E-state index in [1.54, 1.807) is 4.90 Å². The molecule has 1 aromatic carbocycles. The van der Waals surface area contributed by atoms with Crippen molar-refractivity contribution in [3.8, 4) is 5.75 Å². The number of alkyl halides is 2. The van der Waals surface area contributed by atoms with Gasteiger partial charge in [-0.2, -0.15) is 8.78 Å². The van der Waals surface area contributed by atoms with Crippen molar-refractivity contribution >= 4 is 18.3 Å². The summed E-state index contributed by atoms with van der Waals surface area (Å²) in [5.74, 6) is 0.304. The van der Waals surface area contributed by atoms with Crippen LogP contribution in [-0.4, -0.2) is 36.5 Å². The van der Waals surface area contributed by atoms with Crippen LogP contribution in [0, 0.1) is 5.92 Å². The zero-order chi connectivity index (χ0) is 15.4. The average molecular weight is 335 g/mol. The van der Waals surface area contributed by atoms with Gasteiger partial charge in [-0.1, -0.05) is 6.92 Å². The van der Waals surface area contributed by atoms with E-state index >= 15 is 0 Å². The molecule has 2 N–H and O–H groups in total. The Morgan fingerprint density at radius 2 is 2.05 bits per heavy atom. The number of hydrogen-bond acceptors (Lipinski definition) is 3. The number of amides is 1. The second kappa shape index (κ2) is 8.29. The van der Waals surface area contributed by atoms with Gasteiger partial charge in [0.2, 0.25) is 0 Å². The van der Waals surface area contributed by atoms with E-state index in [2.05, 4.69) is 11.7 Å². The predicted molar refractivity (Wildman–Crippen MR) is 82.6 cm³/mol. The third-order valence-corrected chi connectivity index (χ3v) is 3.94. The van der Waals surface area contributed by atoms with Crippen molar-refractivity contribution in [2.45, 2.75) is 32.4 Å². The Bertz CT molecular complexity index is 485. The first-order chi connectivity index (χ1) is 10.0. The van der Waals surface area contributed by atoms with Crippen molar-refractivity contribution in [3.63, 3.8) is 0 Å². The van der Waals surface area contributed by atoms with Crippen LogP contribution in [0.1, 0.15) is 30.1 Å². The van der Waals surface area contributed by atoms with E-state index in [-0.39, 0.29) is 30.1 Å². The molecule has 0 radical (unpaired) electrons. The Kier molecular flexibility index (Phi) is 7.03. The van der Waals surface area contributed by atoms with Gasteiger partial charge in [-0.15, -0.1) is 12.4 Å². The van der Waals surface area contributed by atoms with Crippen LogP contribution in [0.4, 0.5) is 8.78 Å². The fraction of sp³-hybridized carbons (Fsp3) is 0.533. The van der Waals surface area contributed by atoms with Crippen LogP contribution in [0.25, 0.3) is 0 Å². The van der Waals surface area contributed by atoms with Gasteiger partial charge in [0.05, 0.1) is 0 Å². The van der Waals surface area contributed by atoms with E-state index in [1.165, 1.54) is 24.3 Å². The molecular weight excluding hydrogens is 314 g/mol. The summed E-state index contributed by atoms with van der Waals surface area (Å²) in [6.07, 6.45) is 2.02. The highest BCUT2D eigenvalue weighted by atomic mass is 35.5. The first-order valence-electron chi connectivity index (χ1n) is 7.09. The lowest BCUT2D eigenvalue weighted by atomic mass is 9.90. The number of ether oxygens (including phenoxy) is 1. The molecule has 1 fully saturated rings. The topological polar surface area (TPSA) is 55.6 Å². The van der Waals surface area contributed by atoms with E-state index in [1.807, 2.05) is 0 Å². The van der Waals surface area contributed by atoms with Crippen molar-refractivity contribution in [2.24, 2.45) is 11.7 Å². The molecule has 0 saturated carbocycles. The Balaban J connectivity index is 0.00000242. The minimum Gasteiger partial charge on any atom is -0.435 e. The Morgan fingerprint density at radius 3 is 2.59 bits per heavy atom. The van der Waals surface area contributed by atoms with Crippen molar-refractivity contribution in [1.29, 1.82) is 0 Å². The smallest absolute Gasteiger partial charge is 0.387 e. The molecular formula is C15H21ClF2N2O2.